The molecule has 1 aliphatic heterocycles. The van der Waals surface area contributed by atoms with Crippen molar-refractivity contribution < 1.29 is 9.13 Å². The van der Waals surface area contributed by atoms with Gasteiger partial charge in [0, 0.05) is 11.5 Å². The minimum atomic E-state index is -0.288. The van der Waals surface area contributed by atoms with E-state index in [0.717, 1.165) is 5.56 Å². The molecular weight excluding hydrogens is 155 g/mol. The van der Waals surface area contributed by atoms with Gasteiger partial charge in [0.1, 0.15) is 0 Å². The van der Waals surface area contributed by atoms with Crippen molar-refractivity contribution in [3.8, 4) is 5.75 Å². The van der Waals surface area contributed by atoms with Crippen LogP contribution in [0.2, 0.25) is 0 Å². The van der Waals surface area contributed by atoms with Crippen LogP contribution < -0.4 is 4.74 Å². The number of fused-ring (bicyclic) bond motifs is 1. The SMILES string of the molecule is CC1C=COc2c(F)cccc21. The summed E-state index contributed by atoms with van der Waals surface area (Å²) >= 11 is 0. The van der Waals surface area contributed by atoms with Gasteiger partial charge in [0.25, 0.3) is 0 Å². The molecule has 0 radical (unpaired) electrons. The second-order valence-corrected chi connectivity index (χ2v) is 2.89. The number of halogens is 1. The minimum Gasteiger partial charge on any atom is -0.462 e. The van der Waals surface area contributed by atoms with Gasteiger partial charge >= 0.3 is 0 Å². The summed E-state index contributed by atoms with van der Waals surface area (Å²) in [6.45, 7) is 2.01. The lowest BCUT2D eigenvalue weighted by Gasteiger charge is -2.17. The van der Waals surface area contributed by atoms with Crippen LogP contribution in [0.25, 0.3) is 0 Å². The smallest absolute Gasteiger partial charge is 0.165 e. The van der Waals surface area contributed by atoms with Crippen molar-refractivity contribution in [3.05, 3.63) is 41.9 Å². The molecule has 0 bridgehead atoms. The van der Waals surface area contributed by atoms with Crippen LogP contribution in [0.1, 0.15) is 18.4 Å². The number of rotatable bonds is 0. The number of hydrogen-bond acceptors (Lipinski definition) is 1. The van der Waals surface area contributed by atoms with E-state index in [9.17, 15) is 4.39 Å². The van der Waals surface area contributed by atoms with E-state index in [0.29, 0.717) is 5.75 Å². The highest BCUT2D eigenvalue weighted by atomic mass is 19.1. The van der Waals surface area contributed by atoms with Crippen LogP contribution in [0.3, 0.4) is 0 Å². The van der Waals surface area contributed by atoms with Crippen LogP contribution in [0.4, 0.5) is 4.39 Å². The maximum atomic E-state index is 13.1. The maximum Gasteiger partial charge on any atom is 0.165 e. The Morgan fingerprint density at radius 3 is 3.00 bits per heavy atom. The molecule has 1 aromatic carbocycles. The predicted octanol–water partition coefficient (Wildman–Crippen LogP) is 2.84. The number of ether oxygens (including phenoxy) is 1. The Hall–Kier alpha value is -1.31. The van der Waals surface area contributed by atoms with E-state index < -0.39 is 0 Å². The topological polar surface area (TPSA) is 9.23 Å². The fourth-order valence-electron chi connectivity index (χ4n) is 1.34. The van der Waals surface area contributed by atoms with Crippen molar-refractivity contribution in [3.63, 3.8) is 0 Å². The Morgan fingerprint density at radius 1 is 1.42 bits per heavy atom. The first-order chi connectivity index (χ1) is 5.79. The summed E-state index contributed by atoms with van der Waals surface area (Å²) < 4.78 is 18.2. The standard InChI is InChI=1S/C10H9FO/c1-7-5-6-12-10-8(7)3-2-4-9(10)11/h2-7H,1H3. The number of hydrogen-bond donors (Lipinski definition) is 0. The van der Waals surface area contributed by atoms with Gasteiger partial charge in [0.2, 0.25) is 0 Å². The van der Waals surface area contributed by atoms with Crippen molar-refractivity contribution >= 4 is 0 Å². The second kappa shape index (κ2) is 2.63. The first-order valence-corrected chi connectivity index (χ1v) is 3.91. The molecule has 0 N–H and O–H groups in total. The zero-order valence-corrected chi connectivity index (χ0v) is 6.75. The molecule has 12 heavy (non-hydrogen) atoms. The molecule has 1 nitrogen and oxygen atoms in total. The molecule has 0 saturated carbocycles. The summed E-state index contributed by atoms with van der Waals surface area (Å²) in [5.41, 5.74) is 0.914. The molecule has 0 spiro atoms. The van der Waals surface area contributed by atoms with E-state index in [1.54, 1.807) is 6.07 Å². The van der Waals surface area contributed by atoms with E-state index in [1.165, 1.54) is 12.3 Å². The molecule has 62 valence electrons. The quantitative estimate of drug-likeness (QED) is 0.573. The molecule has 0 aromatic heterocycles. The Balaban J connectivity index is 2.57. The Labute approximate surface area is 70.5 Å². The molecule has 0 fully saturated rings. The molecule has 2 rings (SSSR count). The average molecular weight is 164 g/mol. The molecular formula is C10H9FO. The number of allylic oxidation sites excluding steroid dienone is 1. The van der Waals surface area contributed by atoms with Crippen molar-refractivity contribution in [1.82, 2.24) is 0 Å². The van der Waals surface area contributed by atoms with Gasteiger partial charge in [-0.2, -0.15) is 0 Å². The van der Waals surface area contributed by atoms with Gasteiger partial charge in [-0.15, -0.1) is 0 Å². The highest BCUT2D eigenvalue weighted by Crippen LogP contribution is 2.33. The third kappa shape index (κ3) is 0.998. The second-order valence-electron chi connectivity index (χ2n) is 2.89. The predicted molar refractivity (Wildman–Crippen MR) is 44.6 cm³/mol. The minimum absolute atomic E-state index is 0.240. The molecule has 0 amide bonds. The number of para-hydroxylation sites is 1. The summed E-state index contributed by atoms with van der Waals surface area (Å²) in [7, 11) is 0. The molecule has 1 aliphatic rings. The highest BCUT2D eigenvalue weighted by Gasteiger charge is 2.16. The molecule has 1 heterocycles. The summed E-state index contributed by atoms with van der Waals surface area (Å²) in [5.74, 6) is 0.320. The van der Waals surface area contributed by atoms with E-state index >= 15 is 0 Å². The van der Waals surface area contributed by atoms with Gasteiger partial charge in [0.05, 0.1) is 6.26 Å². The van der Waals surface area contributed by atoms with E-state index in [4.69, 9.17) is 4.74 Å². The Kier molecular flexibility index (Phi) is 1.61. The summed E-state index contributed by atoms with van der Waals surface area (Å²) in [6, 6.07) is 4.99. The van der Waals surface area contributed by atoms with Crippen LogP contribution in [-0.4, -0.2) is 0 Å². The van der Waals surface area contributed by atoms with E-state index in [1.807, 2.05) is 19.1 Å². The van der Waals surface area contributed by atoms with Gasteiger partial charge < -0.3 is 4.74 Å². The van der Waals surface area contributed by atoms with Crippen molar-refractivity contribution in [1.29, 1.82) is 0 Å². The van der Waals surface area contributed by atoms with E-state index in [-0.39, 0.29) is 11.7 Å². The summed E-state index contributed by atoms with van der Waals surface area (Å²) in [5, 5.41) is 0. The molecule has 1 atom stereocenters. The first-order valence-electron chi connectivity index (χ1n) is 3.91. The van der Waals surface area contributed by atoms with Gasteiger partial charge in [-0.25, -0.2) is 4.39 Å². The molecule has 0 saturated heterocycles. The average Bonchev–Trinajstić information content (AvgIpc) is 2.07. The van der Waals surface area contributed by atoms with Crippen molar-refractivity contribution in [2.75, 3.05) is 0 Å². The fourth-order valence-corrected chi connectivity index (χ4v) is 1.34. The monoisotopic (exact) mass is 164 g/mol. The van der Waals surface area contributed by atoms with Gasteiger partial charge in [-0.3, -0.25) is 0 Å². The van der Waals surface area contributed by atoms with Crippen LogP contribution in [0, 0.1) is 5.82 Å². The highest BCUT2D eigenvalue weighted by molar-refractivity contribution is 5.41. The van der Waals surface area contributed by atoms with Gasteiger partial charge in [-0.1, -0.05) is 19.1 Å². The number of benzene rings is 1. The van der Waals surface area contributed by atoms with Crippen LogP contribution in [0.15, 0.2) is 30.5 Å². The lowest BCUT2D eigenvalue weighted by Crippen LogP contribution is -2.02. The fraction of sp³-hybridized carbons (Fsp3) is 0.200. The zero-order chi connectivity index (χ0) is 8.55. The lowest BCUT2D eigenvalue weighted by molar-refractivity contribution is 0.420. The summed E-state index contributed by atoms with van der Waals surface area (Å²) in [6.07, 6.45) is 3.44. The normalized spacial score (nSPS) is 20.0. The molecule has 2 heteroatoms. The van der Waals surface area contributed by atoms with Crippen molar-refractivity contribution in [2.45, 2.75) is 12.8 Å². The van der Waals surface area contributed by atoms with Crippen LogP contribution >= 0.6 is 0 Å². The zero-order valence-electron chi connectivity index (χ0n) is 6.75. The largest absolute Gasteiger partial charge is 0.462 e. The third-order valence-corrected chi connectivity index (χ3v) is 2.04. The lowest BCUT2D eigenvalue weighted by atomic mass is 9.99. The van der Waals surface area contributed by atoms with Crippen LogP contribution in [0.5, 0.6) is 5.75 Å². The molecule has 1 aromatic rings. The van der Waals surface area contributed by atoms with Gasteiger partial charge in [-0.05, 0) is 12.1 Å². The maximum absolute atomic E-state index is 13.1. The van der Waals surface area contributed by atoms with E-state index in [2.05, 4.69) is 0 Å². The molecule has 0 aliphatic carbocycles. The van der Waals surface area contributed by atoms with Crippen LogP contribution in [-0.2, 0) is 0 Å². The molecule has 1 unspecified atom stereocenters. The third-order valence-electron chi connectivity index (χ3n) is 2.04. The van der Waals surface area contributed by atoms with Crippen molar-refractivity contribution in [2.24, 2.45) is 0 Å². The Morgan fingerprint density at radius 2 is 2.25 bits per heavy atom. The Bertz CT molecular complexity index is 331. The van der Waals surface area contributed by atoms with Gasteiger partial charge in [0.15, 0.2) is 11.6 Å². The summed E-state index contributed by atoms with van der Waals surface area (Å²) in [4.78, 5) is 0. The first kappa shape index (κ1) is 7.35.